The lowest BCUT2D eigenvalue weighted by Crippen LogP contribution is -2.30. The lowest BCUT2D eigenvalue weighted by molar-refractivity contribution is -0.161. The van der Waals surface area contributed by atoms with Crippen LogP contribution in [0.2, 0.25) is 0 Å². The number of aliphatic hydroxyl groups is 1. The molecule has 0 amide bonds. The van der Waals surface area contributed by atoms with E-state index in [0.29, 0.717) is 25.7 Å². The normalized spacial score (nSPS) is 14.2. The number of carbonyl (C=O) groups excluding carboxylic acids is 4. The van der Waals surface area contributed by atoms with E-state index in [-0.39, 0.29) is 25.7 Å². The van der Waals surface area contributed by atoms with Gasteiger partial charge in [-0.05, 0) is 43.4 Å². The molecule has 0 spiro atoms. The van der Waals surface area contributed by atoms with Gasteiger partial charge in [0.1, 0.15) is 19.3 Å². The first-order chi connectivity index (χ1) is 48.3. The van der Waals surface area contributed by atoms with Crippen molar-refractivity contribution in [3.05, 3.63) is 0 Å². The first kappa shape index (κ1) is 98.1. The molecule has 19 heteroatoms. The molecule has 0 fully saturated rings. The Morgan fingerprint density at radius 1 is 0.290 bits per heavy atom. The molecule has 0 rings (SSSR count). The van der Waals surface area contributed by atoms with Gasteiger partial charge in [0.2, 0.25) is 0 Å². The van der Waals surface area contributed by atoms with Gasteiger partial charge in [-0.15, -0.1) is 0 Å². The number of phosphoric ester groups is 2. The molecule has 594 valence electrons. The Hall–Kier alpha value is -1.94. The van der Waals surface area contributed by atoms with E-state index in [9.17, 15) is 43.2 Å². The number of hydrogen-bond donors (Lipinski definition) is 3. The van der Waals surface area contributed by atoms with E-state index in [1.54, 1.807) is 0 Å². The van der Waals surface area contributed by atoms with Crippen LogP contribution in [-0.4, -0.2) is 96.7 Å². The molecule has 0 saturated carbocycles. The standard InChI is InChI=1S/C81H158O17P2/c1-8-10-11-12-13-14-15-16-17-18-19-20-21-24-28-34-43-50-57-64-80(85)97-76(68-91-78(83)62-55-48-41-33-27-25-22-23-26-31-38-45-52-59-72(3)4)70-95-99(87,88)93-66-75(82)67-94-100(89,90)96-71-77(69-92-79(84)63-56-49-42-37-36-39-46-53-60-73(5)6)98-81(86)65-58-51-44-35-30-29-32-40-47-54-61-74(7)9-2/h72-77,82H,8-71H2,1-7H3,(H,87,88)(H,89,90)/t74?,75-,76-,77-/m1/s1. The Labute approximate surface area is 613 Å². The molecule has 3 N–H and O–H groups in total. The third-order valence-corrected chi connectivity index (χ3v) is 21.1. The maximum absolute atomic E-state index is 13.1. The zero-order valence-electron chi connectivity index (χ0n) is 65.7. The highest BCUT2D eigenvalue weighted by atomic mass is 31.2. The van der Waals surface area contributed by atoms with Crippen LogP contribution in [0, 0.1) is 17.8 Å². The zero-order chi connectivity index (χ0) is 73.7. The summed E-state index contributed by atoms with van der Waals surface area (Å²) < 4.78 is 68.7. The van der Waals surface area contributed by atoms with Crippen molar-refractivity contribution in [2.45, 2.75) is 439 Å². The van der Waals surface area contributed by atoms with Crippen molar-refractivity contribution in [3.8, 4) is 0 Å². The molecule has 3 unspecified atom stereocenters. The molecule has 0 radical (unpaired) electrons. The van der Waals surface area contributed by atoms with Crippen LogP contribution in [0.1, 0.15) is 421 Å². The van der Waals surface area contributed by atoms with Crippen LogP contribution in [0.5, 0.6) is 0 Å². The van der Waals surface area contributed by atoms with E-state index in [1.165, 1.54) is 231 Å². The van der Waals surface area contributed by atoms with Crippen LogP contribution in [-0.2, 0) is 65.4 Å². The van der Waals surface area contributed by atoms with Crippen molar-refractivity contribution in [1.82, 2.24) is 0 Å². The predicted octanol–water partition coefficient (Wildman–Crippen LogP) is 24.1. The maximum atomic E-state index is 13.1. The Bertz CT molecular complexity index is 1940. The second-order valence-corrected chi connectivity index (χ2v) is 33.3. The highest BCUT2D eigenvalue weighted by Crippen LogP contribution is 2.45. The van der Waals surface area contributed by atoms with Crippen molar-refractivity contribution in [2.24, 2.45) is 17.8 Å². The second-order valence-electron chi connectivity index (χ2n) is 30.4. The summed E-state index contributed by atoms with van der Waals surface area (Å²) in [6.45, 7) is 11.9. The summed E-state index contributed by atoms with van der Waals surface area (Å²) >= 11 is 0. The highest BCUT2D eigenvalue weighted by molar-refractivity contribution is 7.47. The number of esters is 4. The van der Waals surface area contributed by atoms with Gasteiger partial charge < -0.3 is 33.8 Å². The third-order valence-electron chi connectivity index (χ3n) is 19.2. The summed E-state index contributed by atoms with van der Waals surface area (Å²) in [5.74, 6) is 0.209. The lowest BCUT2D eigenvalue weighted by Gasteiger charge is -2.21. The van der Waals surface area contributed by atoms with E-state index in [1.807, 2.05) is 0 Å². The third kappa shape index (κ3) is 73.0. The zero-order valence-corrected chi connectivity index (χ0v) is 67.5. The molecule has 0 aromatic heterocycles. The number of rotatable bonds is 79. The van der Waals surface area contributed by atoms with E-state index >= 15 is 0 Å². The fraction of sp³-hybridized carbons (Fsp3) is 0.951. The van der Waals surface area contributed by atoms with Gasteiger partial charge in [0.15, 0.2) is 12.2 Å². The van der Waals surface area contributed by atoms with Gasteiger partial charge in [-0.3, -0.25) is 37.3 Å². The minimum atomic E-state index is -4.96. The predicted molar refractivity (Wildman–Crippen MR) is 409 cm³/mol. The Morgan fingerprint density at radius 3 is 0.760 bits per heavy atom. The molecule has 0 heterocycles. The first-order valence-corrected chi connectivity index (χ1v) is 44.9. The Kier molecular flexibility index (Phi) is 69.9. The maximum Gasteiger partial charge on any atom is 0.472 e. The van der Waals surface area contributed by atoms with E-state index in [0.717, 1.165) is 108 Å². The fourth-order valence-corrected chi connectivity index (χ4v) is 14.0. The van der Waals surface area contributed by atoms with Crippen molar-refractivity contribution >= 4 is 39.5 Å². The molecule has 100 heavy (non-hydrogen) atoms. The van der Waals surface area contributed by atoms with Gasteiger partial charge >= 0.3 is 39.5 Å². The molecule has 17 nitrogen and oxygen atoms in total. The second kappa shape index (κ2) is 71.3. The van der Waals surface area contributed by atoms with E-state index in [2.05, 4.69) is 48.5 Å². The van der Waals surface area contributed by atoms with Crippen molar-refractivity contribution in [1.29, 1.82) is 0 Å². The van der Waals surface area contributed by atoms with Gasteiger partial charge in [-0.25, -0.2) is 9.13 Å². The van der Waals surface area contributed by atoms with Gasteiger partial charge in [-0.1, -0.05) is 370 Å². The number of aliphatic hydroxyl groups excluding tert-OH is 1. The van der Waals surface area contributed by atoms with Crippen LogP contribution in [0.25, 0.3) is 0 Å². The monoisotopic (exact) mass is 1470 g/mol. The largest absolute Gasteiger partial charge is 0.472 e. The molecule has 0 aromatic carbocycles. The van der Waals surface area contributed by atoms with Crippen molar-refractivity contribution in [2.75, 3.05) is 39.6 Å². The quantitative estimate of drug-likeness (QED) is 0.0222. The topological polar surface area (TPSA) is 237 Å². The SMILES string of the molecule is CCCCCCCCCCCCCCCCCCCCCC(=O)O[C@H](COC(=O)CCCCCCCCCCCCCCCC(C)C)COP(=O)(O)OC[C@@H](O)COP(=O)(O)OC[C@@H](COC(=O)CCCCCCCCCCC(C)C)OC(=O)CCCCCCCCCCCCC(C)CC. The average Bonchev–Trinajstić information content (AvgIpc) is 0.965. The highest BCUT2D eigenvalue weighted by Gasteiger charge is 2.30. The number of hydrogen-bond acceptors (Lipinski definition) is 15. The molecular formula is C81H158O17P2. The van der Waals surface area contributed by atoms with Gasteiger partial charge in [-0.2, -0.15) is 0 Å². The molecule has 0 aliphatic rings. The Morgan fingerprint density at radius 2 is 0.510 bits per heavy atom. The number of phosphoric acid groups is 2. The molecular weight excluding hydrogens is 1310 g/mol. The summed E-state index contributed by atoms with van der Waals surface area (Å²) in [6, 6.07) is 0. The molecule has 0 aliphatic heterocycles. The van der Waals surface area contributed by atoms with E-state index < -0.39 is 97.5 Å². The summed E-state index contributed by atoms with van der Waals surface area (Å²) in [7, 11) is -9.92. The Balaban J connectivity index is 5.26. The van der Waals surface area contributed by atoms with Gasteiger partial charge in [0.05, 0.1) is 26.4 Å². The minimum absolute atomic E-state index is 0.106. The molecule has 6 atom stereocenters. The van der Waals surface area contributed by atoms with Crippen LogP contribution in [0.15, 0.2) is 0 Å². The van der Waals surface area contributed by atoms with Crippen LogP contribution in [0.4, 0.5) is 0 Å². The van der Waals surface area contributed by atoms with Crippen LogP contribution < -0.4 is 0 Å². The van der Waals surface area contributed by atoms with Crippen molar-refractivity contribution in [3.63, 3.8) is 0 Å². The lowest BCUT2D eigenvalue weighted by atomic mass is 9.99. The van der Waals surface area contributed by atoms with Gasteiger partial charge in [0, 0.05) is 25.7 Å². The molecule has 0 aliphatic carbocycles. The van der Waals surface area contributed by atoms with Crippen LogP contribution in [0.3, 0.4) is 0 Å². The average molecular weight is 1470 g/mol. The molecule has 0 bridgehead atoms. The minimum Gasteiger partial charge on any atom is -0.462 e. The van der Waals surface area contributed by atoms with Crippen molar-refractivity contribution < 1.29 is 80.2 Å². The van der Waals surface area contributed by atoms with Crippen LogP contribution >= 0.6 is 15.6 Å². The van der Waals surface area contributed by atoms with Gasteiger partial charge in [0.25, 0.3) is 0 Å². The fourth-order valence-electron chi connectivity index (χ4n) is 12.5. The summed E-state index contributed by atoms with van der Waals surface area (Å²) in [4.78, 5) is 73.0. The first-order valence-electron chi connectivity index (χ1n) is 41.9. The number of ether oxygens (including phenoxy) is 4. The molecule has 0 aromatic rings. The molecule has 0 saturated heterocycles. The number of carbonyl (C=O) groups is 4. The number of unbranched alkanes of at least 4 members (excludes halogenated alkanes) is 46. The summed E-state index contributed by atoms with van der Waals surface area (Å²) in [5.41, 5.74) is 0. The summed E-state index contributed by atoms with van der Waals surface area (Å²) in [6.07, 6.45) is 59.6. The smallest absolute Gasteiger partial charge is 0.462 e. The summed E-state index contributed by atoms with van der Waals surface area (Å²) in [5, 5.41) is 10.6. The van der Waals surface area contributed by atoms with E-state index in [4.69, 9.17) is 37.0 Å².